The minimum atomic E-state index is -3.65. The van der Waals surface area contributed by atoms with Crippen molar-refractivity contribution in [3.05, 3.63) is 40.4 Å². The zero-order valence-corrected chi connectivity index (χ0v) is 11.6. The SMILES string of the molecule is O=S1(=O)Nc2ccc(O)c(Cl)c2-c2cc(Cl)ccc21. The topological polar surface area (TPSA) is 66.4 Å². The Kier molecular flexibility index (Phi) is 2.67. The molecule has 19 heavy (non-hydrogen) atoms. The highest BCUT2D eigenvalue weighted by molar-refractivity contribution is 7.93. The van der Waals surface area contributed by atoms with Crippen LogP contribution in [0.4, 0.5) is 5.69 Å². The van der Waals surface area contributed by atoms with Crippen LogP contribution in [0.3, 0.4) is 0 Å². The summed E-state index contributed by atoms with van der Waals surface area (Å²) in [7, 11) is -3.65. The van der Waals surface area contributed by atoms with Crippen LogP contribution in [0.15, 0.2) is 35.2 Å². The number of hydrogen-bond acceptors (Lipinski definition) is 3. The zero-order valence-electron chi connectivity index (χ0n) is 9.31. The van der Waals surface area contributed by atoms with Gasteiger partial charge in [0.25, 0.3) is 10.0 Å². The maximum Gasteiger partial charge on any atom is 0.262 e. The van der Waals surface area contributed by atoms with Gasteiger partial charge in [0, 0.05) is 16.1 Å². The van der Waals surface area contributed by atoms with Gasteiger partial charge in [0.15, 0.2) is 0 Å². The van der Waals surface area contributed by atoms with E-state index in [9.17, 15) is 13.5 Å². The predicted octanol–water partition coefficient (Wildman–Crippen LogP) is 3.48. The Labute approximate surface area is 119 Å². The second-order valence-electron chi connectivity index (χ2n) is 4.07. The summed E-state index contributed by atoms with van der Waals surface area (Å²) in [6.45, 7) is 0. The Morgan fingerprint density at radius 1 is 1.11 bits per heavy atom. The second-order valence-corrected chi connectivity index (χ2v) is 6.53. The summed E-state index contributed by atoms with van der Waals surface area (Å²) >= 11 is 12.0. The molecule has 0 aromatic heterocycles. The molecule has 2 aromatic carbocycles. The van der Waals surface area contributed by atoms with Gasteiger partial charge in [-0.1, -0.05) is 23.2 Å². The van der Waals surface area contributed by atoms with E-state index in [2.05, 4.69) is 4.72 Å². The maximum absolute atomic E-state index is 12.1. The molecule has 0 unspecified atom stereocenters. The van der Waals surface area contributed by atoms with Gasteiger partial charge >= 0.3 is 0 Å². The van der Waals surface area contributed by atoms with Gasteiger partial charge in [0.05, 0.1) is 15.6 Å². The van der Waals surface area contributed by atoms with Gasteiger partial charge in [0.1, 0.15) is 5.75 Å². The fourth-order valence-corrected chi connectivity index (χ4v) is 3.75. The van der Waals surface area contributed by atoms with Crippen LogP contribution < -0.4 is 4.72 Å². The number of sulfonamides is 1. The number of halogens is 2. The van der Waals surface area contributed by atoms with Crippen LogP contribution in [0.1, 0.15) is 0 Å². The van der Waals surface area contributed by atoms with Crippen molar-refractivity contribution in [2.45, 2.75) is 4.90 Å². The lowest BCUT2D eigenvalue weighted by Gasteiger charge is -2.22. The first-order chi connectivity index (χ1) is 8.90. The van der Waals surface area contributed by atoms with Crippen molar-refractivity contribution in [3.8, 4) is 16.9 Å². The van der Waals surface area contributed by atoms with E-state index in [1.165, 1.54) is 30.3 Å². The van der Waals surface area contributed by atoms with Crippen LogP contribution in [0.25, 0.3) is 11.1 Å². The molecule has 4 nitrogen and oxygen atoms in total. The summed E-state index contributed by atoms with van der Waals surface area (Å²) < 4.78 is 26.6. The third kappa shape index (κ3) is 1.85. The standard InChI is InChI=1S/C12H7Cl2NO3S/c13-6-1-4-10-7(5-6)11-8(15-19(10,17)18)2-3-9(16)12(11)14/h1-5,15-16H. The number of fused-ring (bicyclic) bond motifs is 3. The predicted molar refractivity (Wildman–Crippen MR) is 74.4 cm³/mol. The first-order valence-electron chi connectivity index (χ1n) is 5.24. The molecule has 0 atom stereocenters. The van der Waals surface area contributed by atoms with Crippen molar-refractivity contribution in [1.82, 2.24) is 0 Å². The van der Waals surface area contributed by atoms with E-state index in [-0.39, 0.29) is 15.7 Å². The number of rotatable bonds is 0. The maximum atomic E-state index is 12.1. The van der Waals surface area contributed by atoms with Crippen molar-refractivity contribution in [1.29, 1.82) is 0 Å². The van der Waals surface area contributed by atoms with Gasteiger partial charge in [-0.3, -0.25) is 4.72 Å². The van der Waals surface area contributed by atoms with Crippen molar-refractivity contribution >= 4 is 38.9 Å². The third-order valence-corrected chi connectivity index (χ3v) is 4.91. The molecule has 0 fully saturated rings. The van der Waals surface area contributed by atoms with E-state index in [0.29, 0.717) is 21.8 Å². The Balaban J connectivity index is 2.46. The van der Waals surface area contributed by atoms with E-state index in [4.69, 9.17) is 23.2 Å². The van der Waals surface area contributed by atoms with E-state index in [1.807, 2.05) is 0 Å². The first-order valence-corrected chi connectivity index (χ1v) is 7.48. The summed E-state index contributed by atoms with van der Waals surface area (Å²) in [6, 6.07) is 7.20. The van der Waals surface area contributed by atoms with Crippen molar-refractivity contribution in [2.75, 3.05) is 4.72 Å². The van der Waals surface area contributed by atoms with E-state index >= 15 is 0 Å². The smallest absolute Gasteiger partial charge is 0.262 e. The zero-order chi connectivity index (χ0) is 13.8. The summed E-state index contributed by atoms with van der Waals surface area (Å²) in [4.78, 5) is 0.0805. The normalized spacial score (nSPS) is 15.3. The van der Waals surface area contributed by atoms with Crippen LogP contribution in [-0.4, -0.2) is 13.5 Å². The third-order valence-electron chi connectivity index (χ3n) is 2.87. The van der Waals surface area contributed by atoms with Crippen molar-refractivity contribution in [3.63, 3.8) is 0 Å². The quantitative estimate of drug-likeness (QED) is 0.731. The molecular weight excluding hydrogens is 309 g/mol. The number of anilines is 1. The number of benzene rings is 2. The fourth-order valence-electron chi connectivity index (χ4n) is 2.05. The molecule has 0 amide bonds. The molecule has 1 aliphatic heterocycles. The Hall–Kier alpha value is -1.43. The van der Waals surface area contributed by atoms with Crippen LogP contribution >= 0.6 is 23.2 Å². The molecule has 2 N–H and O–H groups in total. The van der Waals surface area contributed by atoms with E-state index in [1.54, 1.807) is 0 Å². The van der Waals surface area contributed by atoms with E-state index < -0.39 is 10.0 Å². The number of phenols is 1. The molecule has 0 bridgehead atoms. The molecule has 7 heteroatoms. The van der Waals surface area contributed by atoms with Crippen LogP contribution in [0.5, 0.6) is 5.75 Å². The van der Waals surface area contributed by atoms with Gasteiger partial charge in [-0.15, -0.1) is 0 Å². The highest BCUT2D eigenvalue weighted by Gasteiger charge is 2.29. The van der Waals surface area contributed by atoms with Crippen LogP contribution in [-0.2, 0) is 10.0 Å². The highest BCUT2D eigenvalue weighted by Crippen LogP contribution is 2.46. The molecule has 0 saturated heterocycles. The number of nitrogens with one attached hydrogen (secondary N) is 1. The number of hydrogen-bond donors (Lipinski definition) is 2. The summed E-state index contributed by atoms with van der Waals surface area (Å²) in [5, 5.41) is 10.1. The van der Waals surface area contributed by atoms with E-state index in [0.717, 1.165) is 0 Å². The molecule has 0 radical (unpaired) electrons. The van der Waals surface area contributed by atoms with Gasteiger partial charge in [-0.25, -0.2) is 8.42 Å². The average molecular weight is 316 g/mol. The molecule has 98 valence electrons. The van der Waals surface area contributed by atoms with Gasteiger partial charge in [0.2, 0.25) is 0 Å². The lowest BCUT2D eigenvalue weighted by molar-refractivity contribution is 0.476. The van der Waals surface area contributed by atoms with Crippen molar-refractivity contribution in [2.24, 2.45) is 0 Å². The lowest BCUT2D eigenvalue weighted by Crippen LogP contribution is -2.18. The molecule has 0 aliphatic carbocycles. The second kappa shape index (κ2) is 4.03. The summed E-state index contributed by atoms with van der Waals surface area (Å²) in [5.41, 5.74) is 1.12. The minimum absolute atomic E-state index is 0.0805. The van der Waals surface area contributed by atoms with Crippen molar-refractivity contribution < 1.29 is 13.5 Å². The highest BCUT2D eigenvalue weighted by atomic mass is 35.5. The number of phenolic OH excluding ortho intramolecular Hbond substituents is 1. The summed E-state index contributed by atoms with van der Waals surface area (Å²) in [6.07, 6.45) is 0. The fraction of sp³-hybridized carbons (Fsp3) is 0. The molecule has 0 spiro atoms. The van der Waals surface area contributed by atoms with Crippen LogP contribution in [0.2, 0.25) is 10.0 Å². The largest absolute Gasteiger partial charge is 0.506 e. The Morgan fingerprint density at radius 3 is 2.58 bits per heavy atom. The molecule has 2 aromatic rings. The average Bonchev–Trinajstić information content (AvgIpc) is 2.33. The van der Waals surface area contributed by atoms with Gasteiger partial charge in [-0.05, 0) is 30.3 Å². The lowest BCUT2D eigenvalue weighted by atomic mass is 10.0. The molecule has 0 saturated carbocycles. The Morgan fingerprint density at radius 2 is 1.84 bits per heavy atom. The first kappa shape index (κ1) is 12.6. The Bertz CT molecular complexity index is 803. The van der Waals surface area contributed by atoms with Crippen LogP contribution in [0, 0.1) is 0 Å². The molecule has 3 rings (SSSR count). The summed E-state index contributed by atoms with van der Waals surface area (Å²) in [5.74, 6) is -0.118. The minimum Gasteiger partial charge on any atom is -0.506 e. The van der Waals surface area contributed by atoms with Gasteiger partial charge in [-0.2, -0.15) is 0 Å². The molecular formula is C12H7Cl2NO3S. The molecule has 1 heterocycles. The molecule has 1 aliphatic rings. The number of aromatic hydroxyl groups is 1. The monoisotopic (exact) mass is 315 g/mol. The van der Waals surface area contributed by atoms with Gasteiger partial charge < -0.3 is 5.11 Å².